The molecule has 6 heteroatoms. The van der Waals surface area contributed by atoms with Crippen LogP contribution in [-0.4, -0.2) is 15.0 Å². The molecule has 0 saturated heterocycles. The number of thiophene rings is 3. The maximum Gasteiger partial charge on any atom is 0.0794 e. The van der Waals surface area contributed by atoms with E-state index in [4.69, 9.17) is 15.0 Å². The number of pyridine rings is 3. The van der Waals surface area contributed by atoms with Gasteiger partial charge in [0.05, 0.1) is 33.6 Å². The van der Waals surface area contributed by atoms with Crippen molar-refractivity contribution in [3.05, 3.63) is 503 Å². The van der Waals surface area contributed by atoms with Crippen molar-refractivity contribution in [3.8, 4) is 123 Å². The van der Waals surface area contributed by atoms with Gasteiger partial charge in [0.2, 0.25) is 0 Å². The van der Waals surface area contributed by atoms with Gasteiger partial charge < -0.3 is 0 Å². The minimum atomic E-state index is 0.972. The Morgan fingerprint density at radius 1 is 0.134 bits per heavy atom. The second-order valence-electron chi connectivity index (χ2n) is 36.9. The first-order valence-corrected chi connectivity index (χ1v) is 50.9. The molecule has 6 heterocycles. The minimum Gasteiger partial charge on any atom is -0.247 e. The third-order valence-electron chi connectivity index (χ3n) is 28.7. The van der Waals surface area contributed by atoms with Gasteiger partial charge in [-0.25, -0.2) is 15.0 Å². The summed E-state index contributed by atoms with van der Waals surface area (Å²) in [6.07, 6.45) is 0. The molecule has 23 aromatic carbocycles. The molecule has 0 unspecified atom stereocenters. The molecular formula is C136H85N3S3. The Morgan fingerprint density at radius 2 is 0.387 bits per heavy atom. The van der Waals surface area contributed by atoms with E-state index in [0.717, 1.165) is 50.3 Å². The third kappa shape index (κ3) is 14.5. The summed E-state index contributed by atoms with van der Waals surface area (Å²) >= 11 is 5.68. The summed E-state index contributed by atoms with van der Waals surface area (Å²) in [5.74, 6) is 0. The zero-order valence-electron chi connectivity index (χ0n) is 77.4. The predicted octanol–water partition coefficient (Wildman–Crippen LogP) is 39.4. The molecule has 3 nitrogen and oxygen atoms in total. The third-order valence-corrected chi connectivity index (χ3v) is 32.6. The van der Waals surface area contributed by atoms with Crippen LogP contribution in [0.2, 0.25) is 0 Å². The van der Waals surface area contributed by atoms with Crippen LogP contribution >= 0.6 is 34.0 Å². The number of hydrogen-bond donors (Lipinski definition) is 0. The molecule has 0 radical (unpaired) electrons. The molecule has 0 bridgehead atoms. The van der Waals surface area contributed by atoms with Crippen molar-refractivity contribution < 1.29 is 0 Å². The highest BCUT2D eigenvalue weighted by atomic mass is 32.1. The molecule has 0 spiro atoms. The van der Waals surface area contributed by atoms with Gasteiger partial charge in [-0.1, -0.05) is 413 Å². The van der Waals surface area contributed by atoms with E-state index in [1.54, 1.807) is 0 Å². The molecule has 0 aliphatic heterocycles. The lowest BCUT2D eigenvalue weighted by Crippen LogP contribution is -1.92. The number of aromatic nitrogens is 3. The van der Waals surface area contributed by atoms with Gasteiger partial charge in [0, 0.05) is 132 Å². The fraction of sp³-hybridized carbons (Fsp3) is 0.00735. The Morgan fingerprint density at radius 3 is 0.782 bits per heavy atom. The van der Waals surface area contributed by atoms with Crippen molar-refractivity contribution in [2.24, 2.45) is 0 Å². The van der Waals surface area contributed by atoms with E-state index in [-0.39, 0.29) is 0 Å². The van der Waals surface area contributed by atoms with Gasteiger partial charge in [-0.15, -0.1) is 34.0 Å². The topological polar surface area (TPSA) is 38.7 Å². The van der Waals surface area contributed by atoms with Crippen LogP contribution in [0.1, 0.15) is 5.56 Å². The van der Waals surface area contributed by atoms with Crippen LogP contribution in [0.25, 0.3) is 281 Å². The monoisotopic (exact) mass is 1860 g/mol. The lowest BCUT2D eigenvalue weighted by atomic mass is 9.91. The van der Waals surface area contributed by atoms with Crippen LogP contribution in [0.4, 0.5) is 0 Å². The molecule has 0 N–H and O–H groups in total. The van der Waals surface area contributed by atoms with Crippen LogP contribution in [0.5, 0.6) is 0 Å². The number of aryl methyl sites for hydroxylation is 1. The molecule has 29 rings (SSSR count). The highest BCUT2D eigenvalue weighted by Gasteiger charge is 2.26. The second-order valence-corrected chi connectivity index (χ2v) is 40.0. The van der Waals surface area contributed by atoms with Crippen LogP contribution < -0.4 is 0 Å². The fourth-order valence-electron chi connectivity index (χ4n) is 22.0. The predicted molar refractivity (Wildman–Crippen MR) is 613 cm³/mol. The molecular weight excluding hydrogens is 1770 g/mol. The molecule has 662 valence electrons. The standard InChI is InChI=1S/C53H33NS.C47H29NS.C36H23NS/c1-4-16-34(17-5-1)37-30-46(36-20-8-3-9-21-36)52-48(32-37)49-33-38(35-18-6-2-7-19-35)31-47(53(49)55-52)42-25-12-14-26-43(42)50-29-28-45-41-24-11-10-22-39(41)40-23-13-15-27-44(40)51(45)54-50;1-3-13-30(14-4-1)32-23-26-45-41(27-32)43-29-33(31-15-5-2-6-16-31)28-42(47(43)49-45)37-20-9-11-21-38(37)44-25-24-40-36-19-8-7-17-34(36)35-18-10-12-22-39(35)46(40)48-44;1-22-10-8-17-31-32-19-9-18-30(36(32)38-35(22)31)26-14-4-6-15-27(26)33-21-20-29-25-13-3-2-11-23(25)24-12-5-7-16-28(24)34(29)37-33/h1-33H;1-29H;2-21H,1H3. The Balaban J connectivity index is 0.000000108. The summed E-state index contributed by atoms with van der Waals surface area (Å²) in [6, 6.07) is 180. The smallest absolute Gasteiger partial charge is 0.0794 e. The number of benzene rings is 23. The van der Waals surface area contributed by atoms with Gasteiger partial charge in [0.25, 0.3) is 0 Å². The van der Waals surface area contributed by atoms with Crippen molar-refractivity contribution in [2.75, 3.05) is 0 Å². The molecule has 29 aromatic rings. The fourth-order valence-corrected chi connectivity index (χ4v) is 25.8. The quantitative estimate of drug-likeness (QED) is 0.121. The average Bonchev–Trinajstić information content (AvgIpc) is 1.39. The molecule has 0 atom stereocenters. The summed E-state index contributed by atoms with van der Waals surface area (Å²) in [7, 11) is 0. The number of nitrogens with zero attached hydrogens (tertiary/aromatic N) is 3. The Labute approximate surface area is 832 Å². The SMILES string of the molecule is Cc1cccc2c1sc1c(-c3ccccc3-c3ccc4c5ccccc5c5ccccc5c4n3)cccc12.c1ccc(-c2cc(-c3ccccc3)c3sc4c(-c5ccccc5-c5ccc6c7ccccc7c7ccccc7c6n5)cc(-c5ccccc5)cc4c3c2)cc1.c1ccc(-c2ccc3sc4c(-c5ccccc5-c5ccc6c7ccccc7c7ccccc7c6n5)cc(-c5ccccc5)cc4c3c2)cc1. The largest absolute Gasteiger partial charge is 0.247 e. The van der Waals surface area contributed by atoms with E-state index in [0.29, 0.717) is 0 Å². The molecule has 142 heavy (non-hydrogen) atoms. The normalized spacial score (nSPS) is 11.7. The lowest BCUT2D eigenvalue weighted by molar-refractivity contribution is 1.41. The molecule has 0 aliphatic rings. The first-order valence-electron chi connectivity index (χ1n) is 48.5. The van der Waals surface area contributed by atoms with Crippen molar-refractivity contribution in [1.29, 1.82) is 0 Å². The van der Waals surface area contributed by atoms with Crippen LogP contribution in [0.3, 0.4) is 0 Å². The first-order chi connectivity index (χ1) is 70.4. The van der Waals surface area contributed by atoms with Crippen molar-refractivity contribution in [2.45, 2.75) is 6.92 Å². The van der Waals surface area contributed by atoms with E-state index < -0.39 is 0 Å². The Kier molecular flexibility index (Phi) is 20.8. The number of hydrogen-bond acceptors (Lipinski definition) is 6. The van der Waals surface area contributed by atoms with E-state index in [9.17, 15) is 0 Å². The van der Waals surface area contributed by atoms with E-state index in [1.165, 1.54) is 236 Å². The van der Waals surface area contributed by atoms with E-state index in [1.807, 2.05) is 34.0 Å². The maximum atomic E-state index is 5.52. The highest BCUT2D eigenvalue weighted by Crippen LogP contribution is 2.53. The molecule has 0 fully saturated rings. The van der Waals surface area contributed by atoms with Crippen LogP contribution in [0, 0.1) is 6.92 Å². The molecule has 0 aliphatic carbocycles. The summed E-state index contributed by atoms with van der Waals surface area (Å²) < 4.78 is 7.87. The van der Waals surface area contributed by atoms with Crippen LogP contribution in [-0.2, 0) is 0 Å². The van der Waals surface area contributed by atoms with Gasteiger partial charge in [0.15, 0.2) is 0 Å². The summed E-state index contributed by atoms with van der Waals surface area (Å²) in [6.45, 7) is 2.21. The molecule has 0 amide bonds. The van der Waals surface area contributed by atoms with Crippen LogP contribution in [0.15, 0.2) is 497 Å². The summed E-state index contributed by atoms with van der Waals surface area (Å²) in [5.41, 5.74) is 30.4. The van der Waals surface area contributed by atoms with Gasteiger partial charge in [-0.05, 0) is 213 Å². The van der Waals surface area contributed by atoms with E-state index >= 15 is 0 Å². The van der Waals surface area contributed by atoms with Crippen molar-refractivity contribution in [1.82, 2.24) is 15.0 Å². The first kappa shape index (κ1) is 83.8. The second kappa shape index (κ2) is 35.2. The summed E-state index contributed by atoms with van der Waals surface area (Å²) in [5, 5.41) is 26.1. The van der Waals surface area contributed by atoms with Crippen molar-refractivity contribution >= 4 is 192 Å². The van der Waals surface area contributed by atoms with Gasteiger partial charge >= 0.3 is 0 Å². The summed E-state index contributed by atoms with van der Waals surface area (Å²) in [4.78, 5) is 16.3. The maximum absolute atomic E-state index is 5.52. The van der Waals surface area contributed by atoms with Gasteiger partial charge in [0.1, 0.15) is 0 Å². The lowest BCUT2D eigenvalue weighted by Gasteiger charge is -2.15. The number of fused-ring (bicyclic) bond motifs is 27. The molecule has 6 aromatic heterocycles. The average molecular weight is 1860 g/mol. The van der Waals surface area contributed by atoms with E-state index in [2.05, 4.69) is 504 Å². The van der Waals surface area contributed by atoms with Gasteiger partial charge in [-0.2, -0.15) is 0 Å². The Hall–Kier alpha value is -17.5. The molecule has 0 saturated carbocycles. The zero-order chi connectivity index (χ0) is 93.8. The van der Waals surface area contributed by atoms with Gasteiger partial charge in [-0.3, -0.25) is 0 Å². The highest BCUT2D eigenvalue weighted by molar-refractivity contribution is 7.27. The zero-order valence-corrected chi connectivity index (χ0v) is 79.9. The van der Waals surface area contributed by atoms with Crippen molar-refractivity contribution in [3.63, 3.8) is 0 Å². The minimum absolute atomic E-state index is 0.972. The number of rotatable bonds is 11. The Bertz CT molecular complexity index is 10000.